The Hall–Kier alpha value is -4.10. The van der Waals surface area contributed by atoms with Gasteiger partial charge in [-0.25, -0.2) is 0 Å². The summed E-state index contributed by atoms with van der Waals surface area (Å²) in [7, 11) is 3.22. The summed E-state index contributed by atoms with van der Waals surface area (Å²) in [5.41, 5.74) is 3.00. The van der Waals surface area contributed by atoms with Gasteiger partial charge >= 0.3 is 0 Å². The van der Waals surface area contributed by atoms with Gasteiger partial charge in [-0.1, -0.05) is 53.7 Å². The van der Waals surface area contributed by atoms with Crippen LogP contribution in [0.5, 0.6) is 11.5 Å². The van der Waals surface area contributed by atoms with E-state index in [0.29, 0.717) is 17.1 Å². The largest absolute Gasteiger partial charge is 0.495 e. The maximum absolute atomic E-state index is 9.72. The molecule has 0 aliphatic heterocycles. The molecule has 3 aromatic rings. The topological polar surface area (TPSA) is 38.7 Å². The first kappa shape index (κ1) is 22.6. The highest BCUT2D eigenvalue weighted by molar-refractivity contribution is 5.60. The van der Waals surface area contributed by atoms with Gasteiger partial charge in [-0.15, -0.1) is 0 Å². The summed E-state index contributed by atoms with van der Waals surface area (Å²) in [6, 6.07) is 21.0. The minimum atomic E-state index is -1.02. The average molecular weight is 421 g/mol. The van der Waals surface area contributed by atoms with Crippen LogP contribution in [0, 0.1) is 35.5 Å². The molecule has 0 radical (unpaired) electrons. The number of hydrogen-bond donors (Lipinski definition) is 1. The zero-order valence-electron chi connectivity index (χ0n) is 18.6. The lowest BCUT2D eigenvalue weighted by molar-refractivity contribution is 0.143. The zero-order chi connectivity index (χ0) is 23.0. The summed E-state index contributed by atoms with van der Waals surface area (Å²) in [5, 5.41) is 9.72. The van der Waals surface area contributed by atoms with Crippen LogP contribution in [0.25, 0.3) is 0 Å². The molecule has 3 aromatic carbocycles. The lowest BCUT2D eigenvalue weighted by atomic mass is 10.1. The summed E-state index contributed by atoms with van der Waals surface area (Å²) in [4.78, 5) is 0. The van der Waals surface area contributed by atoms with Crippen LogP contribution >= 0.6 is 0 Å². The molecule has 32 heavy (non-hydrogen) atoms. The van der Waals surface area contributed by atoms with Crippen molar-refractivity contribution >= 4 is 0 Å². The van der Waals surface area contributed by atoms with Gasteiger partial charge in [0.25, 0.3) is 0 Å². The SMILES string of the molecule is COc1cc(C#Cc2ccc(C#CC(C)(C)O)cc2)c(OC)cc1C#Cc1ccccc1. The molecule has 0 heterocycles. The molecule has 0 fully saturated rings. The Morgan fingerprint density at radius 1 is 0.625 bits per heavy atom. The number of methoxy groups -OCH3 is 2. The zero-order valence-corrected chi connectivity index (χ0v) is 18.6. The number of hydrogen-bond acceptors (Lipinski definition) is 3. The fourth-order valence-corrected chi connectivity index (χ4v) is 2.76. The van der Waals surface area contributed by atoms with Crippen molar-refractivity contribution in [2.45, 2.75) is 19.4 Å². The van der Waals surface area contributed by atoms with E-state index >= 15 is 0 Å². The Bertz CT molecular complexity index is 1260. The molecule has 0 saturated carbocycles. The van der Waals surface area contributed by atoms with Gasteiger partial charge in [0.15, 0.2) is 0 Å². The molecular weight excluding hydrogens is 396 g/mol. The van der Waals surface area contributed by atoms with Crippen molar-refractivity contribution in [1.82, 2.24) is 0 Å². The third-order valence-electron chi connectivity index (χ3n) is 4.38. The monoisotopic (exact) mass is 420 g/mol. The van der Waals surface area contributed by atoms with E-state index in [1.54, 1.807) is 28.1 Å². The smallest absolute Gasteiger partial charge is 0.136 e. The van der Waals surface area contributed by atoms with Crippen molar-refractivity contribution < 1.29 is 14.6 Å². The molecule has 3 rings (SSSR count). The van der Waals surface area contributed by atoms with Gasteiger partial charge in [-0.2, -0.15) is 0 Å². The van der Waals surface area contributed by atoms with Crippen molar-refractivity contribution in [2.24, 2.45) is 0 Å². The standard InChI is InChI=1S/C29H24O3/c1-29(2,30)19-18-24-12-10-23(11-13-24)15-17-26-21-27(31-3)25(20-28(26)32-4)16-14-22-8-6-5-7-9-22/h5-13,20-21,30H,1-4H3. The number of benzene rings is 3. The van der Waals surface area contributed by atoms with Crippen LogP contribution < -0.4 is 9.47 Å². The molecule has 0 spiro atoms. The van der Waals surface area contributed by atoms with Crippen molar-refractivity contribution in [3.63, 3.8) is 0 Å². The molecule has 3 heteroatoms. The summed E-state index contributed by atoms with van der Waals surface area (Å²) in [6.07, 6.45) is 0. The molecule has 0 aliphatic carbocycles. The van der Waals surface area contributed by atoms with Gasteiger partial charge in [0, 0.05) is 28.8 Å². The summed E-state index contributed by atoms with van der Waals surface area (Å²) in [5.74, 6) is 19.6. The minimum absolute atomic E-state index is 0.628. The Morgan fingerprint density at radius 3 is 1.50 bits per heavy atom. The molecule has 0 saturated heterocycles. The van der Waals surface area contributed by atoms with E-state index in [0.717, 1.165) is 22.3 Å². The quantitative estimate of drug-likeness (QED) is 0.615. The fourth-order valence-electron chi connectivity index (χ4n) is 2.76. The van der Waals surface area contributed by atoms with Crippen LogP contribution in [0.15, 0.2) is 66.7 Å². The molecule has 158 valence electrons. The normalized spacial score (nSPS) is 9.91. The minimum Gasteiger partial charge on any atom is -0.495 e. The van der Waals surface area contributed by atoms with E-state index in [1.165, 1.54) is 0 Å². The maximum Gasteiger partial charge on any atom is 0.136 e. The van der Waals surface area contributed by atoms with Crippen LogP contribution in [0.4, 0.5) is 0 Å². The number of rotatable bonds is 2. The lowest BCUT2D eigenvalue weighted by Gasteiger charge is -2.09. The second kappa shape index (κ2) is 10.3. The summed E-state index contributed by atoms with van der Waals surface area (Å²) < 4.78 is 11.1. The number of aliphatic hydroxyl groups is 1. The van der Waals surface area contributed by atoms with Crippen LogP contribution in [-0.2, 0) is 0 Å². The van der Waals surface area contributed by atoms with E-state index < -0.39 is 5.60 Å². The van der Waals surface area contributed by atoms with Crippen LogP contribution in [0.2, 0.25) is 0 Å². The van der Waals surface area contributed by atoms with Crippen molar-refractivity contribution in [3.05, 3.63) is 94.5 Å². The Labute approximate surface area is 190 Å². The van der Waals surface area contributed by atoms with Crippen molar-refractivity contribution in [1.29, 1.82) is 0 Å². The molecule has 0 atom stereocenters. The van der Waals surface area contributed by atoms with Gasteiger partial charge in [-0.3, -0.25) is 0 Å². The predicted octanol–water partition coefficient (Wildman–Crippen LogP) is 4.63. The summed E-state index contributed by atoms with van der Waals surface area (Å²) in [6.45, 7) is 3.31. The molecule has 0 amide bonds. The van der Waals surface area contributed by atoms with Gasteiger partial charge in [0.1, 0.15) is 17.1 Å². The third-order valence-corrected chi connectivity index (χ3v) is 4.38. The van der Waals surface area contributed by atoms with Gasteiger partial charge in [0.2, 0.25) is 0 Å². The maximum atomic E-state index is 9.72. The van der Waals surface area contributed by atoms with Crippen LogP contribution in [0.3, 0.4) is 0 Å². The molecule has 3 nitrogen and oxygen atoms in total. The molecule has 0 aliphatic rings. The molecule has 1 N–H and O–H groups in total. The first-order valence-corrected chi connectivity index (χ1v) is 10.1. The van der Waals surface area contributed by atoms with Gasteiger partial charge in [0.05, 0.1) is 25.3 Å². The van der Waals surface area contributed by atoms with Crippen LogP contribution in [-0.4, -0.2) is 24.9 Å². The van der Waals surface area contributed by atoms with E-state index in [-0.39, 0.29) is 0 Å². The van der Waals surface area contributed by atoms with Gasteiger partial charge in [-0.05, 0) is 50.2 Å². The first-order valence-electron chi connectivity index (χ1n) is 10.1. The van der Waals surface area contributed by atoms with Crippen LogP contribution in [0.1, 0.15) is 41.7 Å². The second-order valence-corrected chi connectivity index (χ2v) is 7.51. The second-order valence-electron chi connectivity index (χ2n) is 7.51. The third kappa shape index (κ3) is 6.45. The van der Waals surface area contributed by atoms with E-state index in [9.17, 15) is 5.11 Å². The molecular formula is C29H24O3. The van der Waals surface area contributed by atoms with E-state index in [4.69, 9.17) is 9.47 Å². The first-order chi connectivity index (χ1) is 15.4. The fraction of sp³-hybridized carbons (Fsp3) is 0.172. The van der Waals surface area contributed by atoms with Gasteiger partial charge < -0.3 is 14.6 Å². The molecule has 0 aromatic heterocycles. The Morgan fingerprint density at radius 2 is 1.06 bits per heavy atom. The highest BCUT2D eigenvalue weighted by atomic mass is 16.5. The Balaban J connectivity index is 1.89. The van der Waals surface area contributed by atoms with Crippen molar-refractivity contribution in [3.8, 4) is 47.0 Å². The Kier molecular flexibility index (Phi) is 7.25. The number of ether oxygens (including phenoxy) is 2. The van der Waals surface area contributed by atoms with E-state index in [1.807, 2.05) is 66.7 Å². The van der Waals surface area contributed by atoms with Crippen molar-refractivity contribution in [2.75, 3.05) is 14.2 Å². The highest BCUT2D eigenvalue weighted by Crippen LogP contribution is 2.28. The van der Waals surface area contributed by atoms with E-state index in [2.05, 4.69) is 35.5 Å². The molecule has 0 bridgehead atoms. The summed E-state index contributed by atoms with van der Waals surface area (Å²) >= 11 is 0. The average Bonchev–Trinajstić information content (AvgIpc) is 2.80. The predicted molar refractivity (Wildman–Crippen MR) is 128 cm³/mol. The highest BCUT2D eigenvalue weighted by Gasteiger charge is 2.09. The lowest BCUT2D eigenvalue weighted by Crippen LogP contribution is -2.14. The molecule has 0 unspecified atom stereocenters.